The molecule has 0 saturated carbocycles. The minimum Gasteiger partial charge on any atom is -0.394 e. The number of hydrogen-bond donors (Lipinski definition) is 4. The normalized spacial score (nSPS) is 14.9. The molecule has 0 saturated heterocycles. The van der Waals surface area contributed by atoms with Gasteiger partial charge < -0.3 is 15.3 Å². The van der Waals surface area contributed by atoms with Crippen molar-refractivity contribution in [1.29, 1.82) is 0 Å². The van der Waals surface area contributed by atoms with Crippen molar-refractivity contribution in [3.8, 4) is 0 Å². The van der Waals surface area contributed by atoms with E-state index in [0.29, 0.717) is 6.20 Å². The van der Waals surface area contributed by atoms with E-state index >= 15 is 0 Å². The van der Waals surface area contributed by atoms with Crippen molar-refractivity contribution in [3.63, 3.8) is 0 Å². The summed E-state index contributed by atoms with van der Waals surface area (Å²) in [7, 11) is 0. The van der Waals surface area contributed by atoms with Crippen LogP contribution in [0.25, 0.3) is 0 Å². The fraction of sp³-hybridized carbons (Fsp3) is 0.444. The van der Waals surface area contributed by atoms with Crippen molar-refractivity contribution in [2.75, 3.05) is 6.61 Å². The van der Waals surface area contributed by atoms with Gasteiger partial charge in [0.15, 0.2) is 6.10 Å². The van der Waals surface area contributed by atoms with Crippen LogP contribution < -0.4 is 11.2 Å². The van der Waals surface area contributed by atoms with Crippen molar-refractivity contribution in [2.24, 2.45) is 0 Å². The summed E-state index contributed by atoms with van der Waals surface area (Å²) in [5.74, 6) is -6.68. The number of carbonyl (C=O) groups is 1. The molecule has 4 N–H and O–H groups in total. The monoisotopic (exact) mass is 406 g/mol. The first-order chi connectivity index (χ1) is 9.12. The van der Waals surface area contributed by atoms with Gasteiger partial charge in [-0.15, -0.1) is 0 Å². The lowest BCUT2D eigenvalue weighted by atomic mass is 10.1. The summed E-state index contributed by atoms with van der Waals surface area (Å²) in [6.45, 7) is -1.21. The largest absolute Gasteiger partial charge is 0.394 e. The molecule has 0 bridgehead atoms. The first-order valence-electron chi connectivity index (χ1n) is 5.04. The number of aliphatic hydroxyl groups excluding tert-OH is 3. The van der Waals surface area contributed by atoms with Crippen LogP contribution in [0.15, 0.2) is 15.8 Å². The van der Waals surface area contributed by atoms with E-state index in [0.717, 1.165) is 0 Å². The summed E-state index contributed by atoms with van der Waals surface area (Å²) in [5.41, 5.74) is -2.27. The summed E-state index contributed by atoms with van der Waals surface area (Å²) < 4.78 is 27.0. The predicted molar refractivity (Wildman–Crippen MR) is 68.7 cm³/mol. The molecule has 0 spiro atoms. The highest BCUT2D eigenvalue weighted by Gasteiger charge is 2.50. The van der Waals surface area contributed by atoms with Gasteiger partial charge in [-0.05, 0) is 22.6 Å². The van der Waals surface area contributed by atoms with Crippen LogP contribution in [0.2, 0.25) is 0 Å². The fourth-order valence-electron chi connectivity index (χ4n) is 1.23. The molecular formula is C9H9F2IN2O6. The second kappa shape index (κ2) is 6.07. The van der Waals surface area contributed by atoms with Crippen LogP contribution in [0, 0.1) is 3.57 Å². The summed E-state index contributed by atoms with van der Waals surface area (Å²) in [6.07, 6.45) is -4.60. The summed E-state index contributed by atoms with van der Waals surface area (Å²) in [5, 5.41) is 26.6. The minimum absolute atomic E-state index is 0.0868. The summed E-state index contributed by atoms with van der Waals surface area (Å²) in [4.78, 5) is 35.5. The van der Waals surface area contributed by atoms with E-state index in [1.807, 2.05) is 0 Å². The van der Waals surface area contributed by atoms with Gasteiger partial charge in [-0.25, -0.2) is 9.36 Å². The average molecular weight is 406 g/mol. The Balaban J connectivity index is 3.27. The maximum atomic E-state index is 13.6. The summed E-state index contributed by atoms with van der Waals surface area (Å²) in [6, 6.07) is 0. The van der Waals surface area contributed by atoms with Crippen LogP contribution in [-0.4, -0.2) is 55.5 Å². The van der Waals surface area contributed by atoms with Gasteiger partial charge in [0.05, 0.1) is 10.2 Å². The van der Waals surface area contributed by atoms with E-state index in [2.05, 4.69) is 0 Å². The van der Waals surface area contributed by atoms with Crippen LogP contribution in [0.3, 0.4) is 0 Å². The fourth-order valence-corrected chi connectivity index (χ4v) is 1.64. The zero-order valence-corrected chi connectivity index (χ0v) is 11.7. The van der Waals surface area contributed by atoms with Crippen molar-refractivity contribution < 1.29 is 28.9 Å². The molecule has 0 fully saturated rings. The van der Waals surface area contributed by atoms with Crippen molar-refractivity contribution in [1.82, 2.24) is 9.55 Å². The number of carbonyl (C=O) groups excluding carboxylic acids is 1. The first-order valence-corrected chi connectivity index (χ1v) is 6.12. The van der Waals surface area contributed by atoms with Crippen LogP contribution in [0.5, 0.6) is 0 Å². The second-order valence-electron chi connectivity index (χ2n) is 3.73. The molecule has 0 aliphatic heterocycles. The zero-order chi connectivity index (χ0) is 15.7. The lowest BCUT2D eigenvalue weighted by molar-refractivity contribution is -0.136. The topological polar surface area (TPSA) is 133 Å². The van der Waals surface area contributed by atoms with Gasteiger partial charge in [0.2, 0.25) is 0 Å². The average Bonchev–Trinajstić information content (AvgIpc) is 2.40. The highest BCUT2D eigenvalue weighted by Crippen LogP contribution is 2.23. The quantitative estimate of drug-likeness (QED) is 0.434. The second-order valence-corrected chi connectivity index (χ2v) is 4.89. The number of nitrogens with one attached hydrogen (secondary N) is 1. The van der Waals surface area contributed by atoms with Gasteiger partial charge in [-0.1, -0.05) is 0 Å². The van der Waals surface area contributed by atoms with Crippen molar-refractivity contribution in [2.45, 2.75) is 18.1 Å². The molecule has 0 radical (unpaired) electrons. The molecular weight excluding hydrogens is 397 g/mol. The number of aliphatic hydroxyl groups is 3. The number of hydrogen-bond acceptors (Lipinski definition) is 6. The number of aromatic nitrogens is 2. The van der Waals surface area contributed by atoms with Crippen molar-refractivity contribution >= 4 is 28.5 Å². The van der Waals surface area contributed by atoms with Crippen LogP contribution >= 0.6 is 22.6 Å². The Bertz CT molecular complexity index is 628. The maximum Gasteiger partial charge on any atom is 0.353 e. The smallest absolute Gasteiger partial charge is 0.353 e. The Kier molecular flexibility index (Phi) is 5.12. The van der Waals surface area contributed by atoms with Crippen LogP contribution in [0.1, 0.15) is 4.79 Å². The molecule has 8 nitrogen and oxygen atoms in total. The Hall–Kier alpha value is -1.18. The Morgan fingerprint density at radius 2 is 2.00 bits per heavy atom. The standard InChI is InChI=1S/C9H9F2IN2O6/c10-9(11,5(17)4(16)2-15)7(19)14-1-3(12)6(18)13-8(14)20/h1,4-5,15-17H,2H2,(H,13,18,20)/t4-,5+/m0/s1. The van der Waals surface area contributed by atoms with Gasteiger partial charge in [-0.2, -0.15) is 8.78 Å². The van der Waals surface area contributed by atoms with E-state index in [4.69, 9.17) is 15.3 Å². The number of rotatable bonds is 4. The van der Waals surface area contributed by atoms with E-state index < -0.39 is 41.9 Å². The molecule has 112 valence electrons. The first kappa shape index (κ1) is 16.9. The van der Waals surface area contributed by atoms with E-state index in [1.54, 1.807) is 4.98 Å². The predicted octanol–water partition coefficient (Wildman–Crippen LogP) is -1.87. The maximum absolute atomic E-state index is 13.6. The molecule has 2 atom stereocenters. The van der Waals surface area contributed by atoms with Gasteiger partial charge in [0.1, 0.15) is 6.10 Å². The minimum atomic E-state index is -4.53. The van der Waals surface area contributed by atoms with E-state index in [9.17, 15) is 23.2 Å². The Morgan fingerprint density at radius 3 is 2.50 bits per heavy atom. The van der Waals surface area contributed by atoms with Gasteiger partial charge in [0, 0.05) is 6.20 Å². The number of aromatic amines is 1. The molecule has 0 aliphatic rings. The SMILES string of the molecule is O=C(n1cc(I)c(=O)[nH]c1=O)C(F)(F)[C@H](O)[C@@H](O)CO. The van der Waals surface area contributed by atoms with E-state index in [-0.39, 0.29) is 8.14 Å². The van der Waals surface area contributed by atoms with Crippen molar-refractivity contribution in [3.05, 3.63) is 30.6 Å². The number of nitrogens with zero attached hydrogens (tertiary/aromatic N) is 1. The highest BCUT2D eigenvalue weighted by molar-refractivity contribution is 14.1. The van der Waals surface area contributed by atoms with Gasteiger partial charge in [0.25, 0.3) is 5.56 Å². The van der Waals surface area contributed by atoms with Crippen LogP contribution in [-0.2, 0) is 0 Å². The lowest BCUT2D eigenvalue weighted by Crippen LogP contribution is -2.53. The van der Waals surface area contributed by atoms with Gasteiger partial charge in [-0.3, -0.25) is 14.6 Å². The Morgan fingerprint density at radius 1 is 1.45 bits per heavy atom. The molecule has 0 unspecified atom stereocenters. The molecule has 1 rings (SSSR count). The Labute approximate surface area is 122 Å². The molecule has 20 heavy (non-hydrogen) atoms. The third-order valence-corrected chi connectivity index (χ3v) is 3.09. The molecule has 0 aliphatic carbocycles. The summed E-state index contributed by atoms with van der Waals surface area (Å²) >= 11 is 1.41. The molecule has 11 heteroatoms. The number of alkyl halides is 2. The molecule has 1 heterocycles. The number of H-pyrrole nitrogens is 1. The third kappa shape index (κ3) is 3.11. The zero-order valence-electron chi connectivity index (χ0n) is 9.59. The number of halogens is 3. The molecule has 1 aromatic rings. The molecule has 1 aromatic heterocycles. The van der Waals surface area contributed by atoms with Gasteiger partial charge >= 0.3 is 17.5 Å². The van der Waals surface area contributed by atoms with Crippen LogP contribution in [0.4, 0.5) is 8.78 Å². The third-order valence-electron chi connectivity index (χ3n) is 2.33. The lowest BCUT2D eigenvalue weighted by Gasteiger charge is -2.24. The highest BCUT2D eigenvalue weighted by atomic mass is 127. The molecule has 0 aromatic carbocycles. The van der Waals surface area contributed by atoms with E-state index in [1.165, 1.54) is 22.6 Å². The molecule has 0 amide bonds.